The Kier molecular flexibility index (Phi) is 6.82. The number of aliphatic hydroxyl groups is 1. The van der Waals surface area contributed by atoms with Crippen LogP contribution in [-0.4, -0.2) is 56.6 Å². The molecule has 5 rings (SSSR count). The number of fused-ring (bicyclic) bond motifs is 1. The van der Waals surface area contributed by atoms with Crippen LogP contribution in [0.1, 0.15) is 63.0 Å². The van der Waals surface area contributed by atoms with E-state index >= 15 is 0 Å². The smallest absolute Gasteiger partial charge is 0.390 e. The monoisotopic (exact) mass is 488 g/mol. The molecule has 188 valence electrons. The summed E-state index contributed by atoms with van der Waals surface area (Å²) in [4.78, 5) is 11.2. The van der Waals surface area contributed by atoms with Gasteiger partial charge in [-0.2, -0.15) is 13.2 Å². The van der Waals surface area contributed by atoms with E-state index in [1.165, 1.54) is 6.42 Å². The Hall–Kier alpha value is -2.88. The van der Waals surface area contributed by atoms with Crippen molar-refractivity contribution in [2.24, 2.45) is 0 Å². The first-order valence-corrected chi connectivity index (χ1v) is 12.5. The lowest BCUT2D eigenvalue weighted by molar-refractivity contribution is -0.131. The van der Waals surface area contributed by atoms with Gasteiger partial charge in [0.25, 0.3) is 0 Å². The average molecular weight is 489 g/mol. The largest absolute Gasteiger partial charge is 0.393 e. The molecule has 35 heavy (non-hydrogen) atoms. The minimum atomic E-state index is -4.24. The molecule has 2 N–H and O–H groups in total. The van der Waals surface area contributed by atoms with Crippen molar-refractivity contribution < 1.29 is 18.3 Å². The lowest BCUT2D eigenvalue weighted by Crippen LogP contribution is -2.30. The zero-order valence-electron chi connectivity index (χ0n) is 19.6. The number of pyridine rings is 1. The number of hydrogen-bond acceptors (Lipinski definition) is 6. The first kappa shape index (κ1) is 23.8. The molecule has 10 heteroatoms. The summed E-state index contributed by atoms with van der Waals surface area (Å²) in [5.74, 6) is 1.33. The van der Waals surface area contributed by atoms with Gasteiger partial charge >= 0.3 is 6.18 Å². The predicted octanol–water partition coefficient (Wildman–Crippen LogP) is 5.16. The maximum absolute atomic E-state index is 12.6. The van der Waals surface area contributed by atoms with Crippen LogP contribution in [0.5, 0.6) is 0 Å². The molecule has 0 unspecified atom stereocenters. The van der Waals surface area contributed by atoms with E-state index in [0.717, 1.165) is 79.8 Å². The van der Waals surface area contributed by atoms with Crippen LogP contribution in [0.2, 0.25) is 0 Å². The second-order valence-electron chi connectivity index (χ2n) is 9.61. The quantitative estimate of drug-likeness (QED) is 0.499. The van der Waals surface area contributed by atoms with Gasteiger partial charge in [-0.25, -0.2) is 14.5 Å². The number of halogens is 3. The van der Waals surface area contributed by atoms with Gasteiger partial charge in [-0.1, -0.05) is 0 Å². The standard InChI is InChI=1S/C25H31F3N6O/c26-25(27,28)9-11-30-24-31-16-22-20(15-21(34(22)32-24)17-4-6-19(35)7-5-17)18-8-10-29-23(14-18)33-12-2-1-3-13-33/h8,10,14-17,19,35H,1-7,9,11-13H2,(H,30,32). The number of aliphatic hydroxyl groups excluding tert-OH is 1. The summed E-state index contributed by atoms with van der Waals surface area (Å²) in [6.45, 7) is 1.72. The van der Waals surface area contributed by atoms with E-state index in [2.05, 4.69) is 37.4 Å². The van der Waals surface area contributed by atoms with Crippen molar-refractivity contribution in [3.63, 3.8) is 0 Å². The second kappa shape index (κ2) is 10.0. The molecule has 2 aliphatic rings. The number of rotatable bonds is 6. The van der Waals surface area contributed by atoms with Gasteiger partial charge in [0, 0.05) is 43.0 Å². The summed E-state index contributed by atoms with van der Waals surface area (Å²) in [6, 6.07) is 6.21. The number of anilines is 2. The Morgan fingerprint density at radius 1 is 1.03 bits per heavy atom. The van der Waals surface area contributed by atoms with Crippen LogP contribution in [0.25, 0.3) is 16.6 Å². The van der Waals surface area contributed by atoms with Crippen molar-refractivity contribution in [1.29, 1.82) is 0 Å². The maximum atomic E-state index is 12.6. The topological polar surface area (TPSA) is 78.6 Å². The molecule has 1 saturated heterocycles. The molecule has 1 aliphatic carbocycles. The minimum Gasteiger partial charge on any atom is -0.393 e. The molecule has 2 fully saturated rings. The van der Waals surface area contributed by atoms with Gasteiger partial charge in [0.1, 0.15) is 5.82 Å². The number of alkyl halides is 3. The van der Waals surface area contributed by atoms with Crippen LogP contribution in [0, 0.1) is 0 Å². The first-order valence-electron chi connectivity index (χ1n) is 12.5. The van der Waals surface area contributed by atoms with Crippen LogP contribution in [0.15, 0.2) is 30.6 Å². The minimum absolute atomic E-state index is 0.171. The highest BCUT2D eigenvalue weighted by molar-refractivity contribution is 5.82. The molecule has 1 saturated carbocycles. The zero-order valence-corrected chi connectivity index (χ0v) is 19.6. The lowest BCUT2D eigenvalue weighted by Gasteiger charge is -2.27. The predicted molar refractivity (Wildman–Crippen MR) is 129 cm³/mol. The molecule has 0 bridgehead atoms. The summed E-state index contributed by atoms with van der Waals surface area (Å²) in [5, 5.41) is 17.3. The van der Waals surface area contributed by atoms with Crippen molar-refractivity contribution in [2.75, 3.05) is 29.9 Å². The van der Waals surface area contributed by atoms with Crippen LogP contribution >= 0.6 is 0 Å². The van der Waals surface area contributed by atoms with E-state index in [4.69, 9.17) is 0 Å². The Morgan fingerprint density at radius 3 is 2.54 bits per heavy atom. The Labute approximate surface area is 202 Å². The van der Waals surface area contributed by atoms with Crippen LogP contribution in [0.4, 0.5) is 24.9 Å². The van der Waals surface area contributed by atoms with E-state index in [1.807, 2.05) is 16.8 Å². The van der Waals surface area contributed by atoms with E-state index < -0.39 is 12.6 Å². The third-order valence-corrected chi connectivity index (χ3v) is 7.09. The Balaban J connectivity index is 1.50. The molecule has 1 aliphatic heterocycles. The Bertz CT molecular complexity index is 1150. The summed E-state index contributed by atoms with van der Waals surface area (Å²) in [5.41, 5.74) is 3.80. The molecule has 0 atom stereocenters. The van der Waals surface area contributed by atoms with Gasteiger partial charge in [-0.3, -0.25) is 0 Å². The molecular weight excluding hydrogens is 457 g/mol. The summed E-state index contributed by atoms with van der Waals surface area (Å²) >= 11 is 0. The molecule has 3 aromatic rings. The van der Waals surface area contributed by atoms with Crippen LogP contribution in [0.3, 0.4) is 0 Å². The highest BCUT2D eigenvalue weighted by atomic mass is 19.4. The molecule has 4 heterocycles. The van der Waals surface area contributed by atoms with Crippen molar-refractivity contribution in [3.8, 4) is 11.1 Å². The highest BCUT2D eigenvalue weighted by Gasteiger charge is 2.27. The number of nitrogens with one attached hydrogen (secondary N) is 1. The van der Waals surface area contributed by atoms with Gasteiger partial charge in [0.2, 0.25) is 5.95 Å². The fraction of sp³-hybridized carbons (Fsp3) is 0.560. The number of piperidine rings is 1. The number of nitrogens with zero attached hydrogens (tertiary/aromatic N) is 5. The Morgan fingerprint density at radius 2 is 1.80 bits per heavy atom. The van der Waals surface area contributed by atoms with E-state index in [9.17, 15) is 18.3 Å². The van der Waals surface area contributed by atoms with Gasteiger partial charge in [-0.15, -0.1) is 5.10 Å². The lowest BCUT2D eigenvalue weighted by atomic mass is 9.85. The second-order valence-corrected chi connectivity index (χ2v) is 9.61. The number of hydrogen-bond donors (Lipinski definition) is 2. The molecule has 3 aromatic heterocycles. The van der Waals surface area contributed by atoms with E-state index in [-0.39, 0.29) is 24.5 Å². The van der Waals surface area contributed by atoms with Crippen molar-refractivity contribution >= 4 is 17.3 Å². The normalized spacial score (nSPS) is 21.4. The van der Waals surface area contributed by atoms with Gasteiger partial charge in [0.05, 0.1) is 24.2 Å². The third kappa shape index (κ3) is 5.52. The molecular formula is C25H31F3N6O. The van der Waals surface area contributed by atoms with Crippen molar-refractivity contribution in [2.45, 2.75) is 69.6 Å². The van der Waals surface area contributed by atoms with E-state index in [1.54, 1.807) is 6.20 Å². The average Bonchev–Trinajstić information content (AvgIpc) is 3.23. The molecule has 0 amide bonds. The van der Waals surface area contributed by atoms with Crippen molar-refractivity contribution in [3.05, 3.63) is 36.3 Å². The van der Waals surface area contributed by atoms with Gasteiger partial charge in [-0.05, 0) is 68.7 Å². The molecule has 0 spiro atoms. The SMILES string of the molecule is OC1CCC(c2cc(-c3ccnc(N4CCCCC4)c3)c3cnc(NCCC(F)(F)F)nn23)CC1. The summed E-state index contributed by atoms with van der Waals surface area (Å²) in [7, 11) is 0. The van der Waals surface area contributed by atoms with Gasteiger partial charge in [0.15, 0.2) is 0 Å². The maximum Gasteiger partial charge on any atom is 0.390 e. The van der Waals surface area contributed by atoms with Crippen LogP contribution in [-0.2, 0) is 0 Å². The van der Waals surface area contributed by atoms with Crippen LogP contribution < -0.4 is 10.2 Å². The molecule has 0 radical (unpaired) electrons. The molecule has 0 aromatic carbocycles. The fourth-order valence-electron chi connectivity index (χ4n) is 5.19. The highest BCUT2D eigenvalue weighted by Crippen LogP contribution is 2.38. The van der Waals surface area contributed by atoms with Crippen molar-refractivity contribution in [1.82, 2.24) is 19.6 Å². The molecule has 7 nitrogen and oxygen atoms in total. The zero-order chi connectivity index (χ0) is 24.4. The first-order chi connectivity index (χ1) is 16.9. The number of aromatic nitrogens is 4. The third-order valence-electron chi connectivity index (χ3n) is 7.09. The fourth-order valence-corrected chi connectivity index (χ4v) is 5.19. The van der Waals surface area contributed by atoms with Gasteiger partial charge < -0.3 is 15.3 Å². The van der Waals surface area contributed by atoms with E-state index in [0.29, 0.717) is 0 Å². The summed E-state index contributed by atoms with van der Waals surface area (Å²) < 4.78 is 39.6. The summed E-state index contributed by atoms with van der Waals surface area (Å²) in [6.07, 6.45) is 4.74.